The monoisotopic (exact) mass is 391 g/mol. The number of ether oxygens (including phenoxy) is 2. The molecule has 4 nitrogen and oxygen atoms in total. The minimum atomic E-state index is -0.680. The minimum absolute atomic E-state index is 0.111. The van der Waals surface area contributed by atoms with E-state index in [1.165, 1.54) is 24.3 Å². The summed E-state index contributed by atoms with van der Waals surface area (Å²) in [5.74, 6) is -0.672. The fourth-order valence-electron chi connectivity index (χ4n) is 3.65. The van der Waals surface area contributed by atoms with Gasteiger partial charge in [-0.15, -0.1) is 0 Å². The van der Waals surface area contributed by atoms with Gasteiger partial charge in [0.2, 0.25) is 0 Å². The number of rotatable bonds is 7. The second kappa shape index (κ2) is 9.56. The average molecular weight is 391 g/mol. The predicted molar refractivity (Wildman–Crippen MR) is 103 cm³/mol. The molecule has 3 rings (SSSR count). The van der Waals surface area contributed by atoms with Gasteiger partial charge in [0, 0.05) is 19.6 Å². The molecule has 1 saturated heterocycles. The number of hydrogen-bond acceptors (Lipinski definition) is 4. The van der Waals surface area contributed by atoms with Gasteiger partial charge in [-0.3, -0.25) is 4.90 Å². The van der Waals surface area contributed by atoms with Crippen LogP contribution < -0.4 is 0 Å². The summed E-state index contributed by atoms with van der Waals surface area (Å²) in [4.78, 5) is 2.16. The van der Waals surface area contributed by atoms with Crippen molar-refractivity contribution in [3.63, 3.8) is 0 Å². The molecule has 0 saturated carbocycles. The summed E-state index contributed by atoms with van der Waals surface area (Å²) in [6.45, 7) is 6.16. The van der Waals surface area contributed by atoms with Gasteiger partial charge < -0.3 is 14.6 Å². The summed E-state index contributed by atoms with van der Waals surface area (Å²) in [5, 5.41) is 10.5. The van der Waals surface area contributed by atoms with Crippen LogP contribution in [0.2, 0.25) is 0 Å². The maximum absolute atomic E-state index is 13.3. The Kier molecular flexibility index (Phi) is 7.13. The highest BCUT2D eigenvalue weighted by molar-refractivity contribution is 5.30. The van der Waals surface area contributed by atoms with Crippen LogP contribution in [-0.2, 0) is 9.47 Å². The fourth-order valence-corrected chi connectivity index (χ4v) is 3.65. The van der Waals surface area contributed by atoms with Crippen molar-refractivity contribution in [3.05, 3.63) is 71.3 Å². The van der Waals surface area contributed by atoms with Crippen molar-refractivity contribution in [1.82, 2.24) is 4.90 Å². The second-order valence-corrected chi connectivity index (χ2v) is 7.45. The van der Waals surface area contributed by atoms with E-state index in [0.29, 0.717) is 6.54 Å². The van der Waals surface area contributed by atoms with Crippen LogP contribution in [0.5, 0.6) is 0 Å². The molecule has 0 amide bonds. The molecular formula is C22H27F2NO3. The number of hydrogen-bond donors (Lipinski definition) is 1. The first-order chi connectivity index (χ1) is 13.4. The van der Waals surface area contributed by atoms with Crippen LogP contribution in [-0.4, -0.2) is 54.6 Å². The smallest absolute Gasteiger partial charge is 0.123 e. The maximum Gasteiger partial charge on any atom is 0.123 e. The van der Waals surface area contributed by atoms with Gasteiger partial charge in [-0.2, -0.15) is 0 Å². The van der Waals surface area contributed by atoms with Crippen molar-refractivity contribution >= 4 is 0 Å². The van der Waals surface area contributed by atoms with Gasteiger partial charge in [-0.25, -0.2) is 8.78 Å². The van der Waals surface area contributed by atoms with E-state index < -0.39 is 12.2 Å². The zero-order valence-corrected chi connectivity index (χ0v) is 16.2. The highest BCUT2D eigenvalue weighted by Crippen LogP contribution is 2.27. The number of benzene rings is 2. The summed E-state index contributed by atoms with van der Waals surface area (Å²) in [7, 11) is 0. The van der Waals surface area contributed by atoms with Crippen molar-refractivity contribution in [2.75, 3.05) is 26.2 Å². The molecule has 0 radical (unpaired) electrons. The zero-order chi connectivity index (χ0) is 20.1. The van der Waals surface area contributed by atoms with Crippen LogP contribution in [0.25, 0.3) is 0 Å². The lowest BCUT2D eigenvalue weighted by Crippen LogP contribution is -2.48. The Morgan fingerprint density at radius 3 is 1.89 bits per heavy atom. The first kappa shape index (κ1) is 20.9. The van der Waals surface area contributed by atoms with Crippen LogP contribution in [0.3, 0.4) is 0 Å². The fraction of sp³-hybridized carbons (Fsp3) is 0.455. The van der Waals surface area contributed by atoms with Crippen molar-refractivity contribution in [3.8, 4) is 0 Å². The Labute approximate surface area is 164 Å². The first-order valence-electron chi connectivity index (χ1n) is 9.59. The number of nitrogens with zero attached hydrogens (tertiary/aromatic N) is 1. The number of aliphatic hydroxyl groups is 1. The number of morpholine rings is 1. The van der Waals surface area contributed by atoms with Gasteiger partial charge in [0.05, 0.1) is 24.9 Å². The molecule has 1 aliphatic heterocycles. The molecule has 2 aromatic rings. The minimum Gasteiger partial charge on any atom is -0.389 e. The number of halogens is 2. The van der Waals surface area contributed by atoms with E-state index in [2.05, 4.69) is 4.90 Å². The maximum atomic E-state index is 13.3. The molecule has 0 unspecified atom stereocenters. The molecule has 0 bridgehead atoms. The Hall–Kier alpha value is -1.86. The molecule has 152 valence electrons. The first-order valence-corrected chi connectivity index (χ1v) is 9.59. The molecular weight excluding hydrogens is 364 g/mol. The summed E-state index contributed by atoms with van der Waals surface area (Å²) in [6.07, 6.45) is -0.939. The third-order valence-corrected chi connectivity index (χ3v) is 4.76. The second-order valence-electron chi connectivity index (χ2n) is 7.45. The molecule has 0 spiro atoms. The molecule has 1 N–H and O–H groups in total. The van der Waals surface area contributed by atoms with Crippen molar-refractivity contribution < 1.29 is 23.4 Å². The van der Waals surface area contributed by atoms with E-state index in [1.807, 2.05) is 13.8 Å². The molecule has 28 heavy (non-hydrogen) atoms. The van der Waals surface area contributed by atoms with Crippen LogP contribution in [0, 0.1) is 11.6 Å². The van der Waals surface area contributed by atoms with E-state index in [9.17, 15) is 13.9 Å². The van der Waals surface area contributed by atoms with Gasteiger partial charge in [-0.05, 0) is 49.2 Å². The van der Waals surface area contributed by atoms with E-state index in [0.717, 1.165) is 24.2 Å². The molecule has 1 aliphatic rings. The standard InChI is InChI=1S/C22H27F2NO3/c1-15-11-25(12-16(2)28-15)13-21(26)14-27-22(17-3-7-19(23)8-4-17)18-5-9-20(24)10-6-18/h3-10,15-16,21-22,26H,11-14H2,1-2H3/t15-,16-,21-/m1/s1. The molecule has 0 aromatic heterocycles. The summed E-state index contributed by atoms with van der Waals surface area (Å²) < 4.78 is 38.3. The lowest BCUT2D eigenvalue weighted by molar-refractivity contribution is -0.0843. The highest BCUT2D eigenvalue weighted by Gasteiger charge is 2.24. The van der Waals surface area contributed by atoms with E-state index in [-0.39, 0.29) is 30.4 Å². The van der Waals surface area contributed by atoms with Crippen LogP contribution in [0.15, 0.2) is 48.5 Å². The van der Waals surface area contributed by atoms with Crippen LogP contribution >= 0.6 is 0 Å². The topological polar surface area (TPSA) is 41.9 Å². The Balaban J connectivity index is 1.65. The summed E-state index contributed by atoms with van der Waals surface area (Å²) in [5.41, 5.74) is 1.49. The van der Waals surface area contributed by atoms with Crippen LogP contribution in [0.4, 0.5) is 8.78 Å². The normalized spacial score (nSPS) is 21.8. The molecule has 1 heterocycles. The van der Waals surface area contributed by atoms with Crippen molar-refractivity contribution in [2.45, 2.75) is 38.3 Å². The van der Waals surface area contributed by atoms with E-state index in [4.69, 9.17) is 9.47 Å². The molecule has 2 aromatic carbocycles. The number of aliphatic hydroxyl groups excluding tert-OH is 1. The molecule has 0 aliphatic carbocycles. The average Bonchev–Trinajstić information content (AvgIpc) is 2.64. The van der Waals surface area contributed by atoms with Gasteiger partial charge in [0.15, 0.2) is 0 Å². The lowest BCUT2D eigenvalue weighted by atomic mass is 10.0. The van der Waals surface area contributed by atoms with Gasteiger partial charge in [-0.1, -0.05) is 24.3 Å². The van der Waals surface area contributed by atoms with E-state index in [1.54, 1.807) is 24.3 Å². The summed E-state index contributed by atoms with van der Waals surface area (Å²) >= 11 is 0. The van der Waals surface area contributed by atoms with Crippen LogP contribution in [0.1, 0.15) is 31.1 Å². The quantitative estimate of drug-likeness (QED) is 0.784. The third kappa shape index (κ3) is 5.82. The van der Waals surface area contributed by atoms with E-state index >= 15 is 0 Å². The molecule has 6 heteroatoms. The number of β-amino-alcohol motifs (C(OH)–C–C–N with tert-alkyl or cyclic N) is 1. The van der Waals surface area contributed by atoms with Crippen molar-refractivity contribution in [1.29, 1.82) is 0 Å². The van der Waals surface area contributed by atoms with Crippen molar-refractivity contribution in [2.24, 2.45) is 0 Å². The van der Waals surface area contributed by atoms with Gasteiger partial charge >= 0.3 is 0 Å². The van der Waals surface area contributed by atoms with Gasteiger partial charge in [0.1, 0.15) is 17.7 Å². The lowest BCUT2D eigenvalue weighted by Gasteiger charge is -2.36. The Morgan fingerprint density at radius 2 is 1.43 bits per heavy atom. The largest absolute Gasteiger partial charge is 0.389 e. The predicted octanol–water partition coefficient (Wildman–Crippen LogP) is 3.54. The highest BCUT2D eigenvalue weighted by atomic mass is 19.1. The third-order valence-electron chi connectivity index (χ3n) is 4.76. The Bertz CT molecular complexity index is 683. The Morgan fingerprint density at radius 1 is 0.964 bits per heavy atom. The van der Waals surface area contributed by atoms with Gasteiger partial charge in [0.25, 0.3) is 0 Å². The SMILES string of the molecule is C[C@@H]1CN(C[C@@H](O)COC(c2ccc(F)cc2)c2ccc(F)cc2)C[C@@H](C)O1. The summed E-state index contributed by atoms with van der Waals surface area (Å²) in [6, 6.07) is 12.0. The molecule has 3 atom stereocenters. The zero-order valence-electron chi connectivity index (χ0n) is 16.2. The molecule has 1 fully saturated rings.